The van der Waals surface area contributed by atoms with Crippen molar-refractivity contribution in [3.8, 4) is 34.5 Å². The number of nitrogens with zero attached hydrogens (tertiary/aromatic N) is 3. The Morgan fingerprint density at radius 3 is 2.63 bits per heavy atom. The summed E-state index contributed by atoms with van der Waals surface area (Å²) in [7, 11) is 1.51. The third-order valence-corrected chi connectivity index (χ3v) is 5.72. The highest BCUT2D eigenvalue weighted by Gasteiger charge is 2.36. The van der Waals surface area contributed by atoms with Crippen LogP contribution in [-0.2, 0) is 11.4 Å². The summed E-state index contributed by atoms with van der Waals surface area (Å²) in [5, 5.41) is 17.0. The van der Waals surface area contributed by atoms with Crippen molar-refractivity contribution in [2.24, 2.45) is 5.92 Å². The van der Waals surface area contributed by atoms with Gasteiger partial charge < -0.3 is 14.8 Å². The van der Waals surface area contributed by atoms with Crippen LogP contribution in [0.25, 0.3) is 16.9 Å². The zero-order valence-corrected chi connectivity index (χ0v) is 18.8. The average Bonchev–Trinajstić information content (AvgIpc) is 3.30. The molecular weight excluding hydrogens is 444 g/mol. The van der Waals surface area contributed by atoms with Crippen molar-refractivity contribution in [3.63, 3.8) is 0 Å². The summed E-state index contributed by atoms with van der Waals surface area (Å²) in [5.41, 5.74) is 3.20. The van der Waals surface area contributed by atoms with E-state index < -0.39 is 17.6 Å². The number of hydrogen-bond donors (Lipinski definition) is 1. The van der Waals surface area contributed by atoms with Crippen LogP contribution in [-0.4, -0.2) is 28.6 Å². The second kappa shape index (κ2) is 9.15. The first-order valence-electron chi connectivity index (χ1n) is 10.9. The van der Waals surface area contributed by atoms with Crippen LogP contribution in [0.1, 0.15) is 16.1 Å². The maximum Gasteiger partial charge on any atom is 0.249 e. The topological polar surface area (TPSA) is 106 Å². The monoisotopic (exact) mass is 464 g/mol. The minimum atomic E-state index is -1.60. The number of fused-ring (bicyclic) bond motifs is 3. The number of methoxy groups -OCH3 is 1. The number of hydrogen-bond acceptors (Lipinski definition) is 6. The minimum Gasteiger partial charge on any atom is -0.497 e. The molecule has 4 aromatic rings. The number of nitriles is 1. The normalized spacial score (nSPS) is 12.3. The Bertz CT molecular complexity index is 1470. The van der Waals surface area contributed by atoms with Crippen molar-refractivity contribution in [1.29, 1.82) is 5.26 Å². The van der Waals surface area contributed by atoms with Gasteiger partial charge in [0.1, 0.15) is 23.8 Å². The lowest BCUT2D eigenvalue weighted by Crippen LogP contribution is -2.29. The first-order valence-corrected chi connectivity index (χ1v) is 10.9. The smallest absolute Gasteiger partial charge is 0.249 e. The number of aromatic nitrogens is 2. The van der Waals surface area contributed by atoms with Gasteiger partial charge >= 0.3 is 0 Å². The molecule has 1 aromatic heterocycles. The van der Waals surface area contributed by atoms with Crippen molar-refractivity contribution in [1.82, 2.24) is 9.78 Å². The third-order valence-electron chi connectivity index (χ3n) is 5.72. The maximum atomic E-state index is 13.5. The van der Waals surface area contributed by atoms with Gasteiger partial charge in [-0.2, -0.15) is 10.4 Å². The Labute approximate surface area is 201 Å². The van der Waals surface area contributed by atoms with Gasteiger partial charge in [-0.25, -0.2) is 4.68 Å². The van der Waals surface area contributed by atoms with Crippen LogP contribution < -0.4 is 14.8 Å². The summed E-state index contributed by atoms with van der Waals surface area (Å²) >= 11 is 0. The molecule has 1 unspecified atom stereocenters. The van der Waals surface area contributed by atoms with Gasteiger partial charge in [0, 0.05) is 22.9 Å². The van der Waals surface area contributed by atoms with Crippen LogP contribution in [0.4, 0.5) is 5.69 Å². The van der Waals surface area contributed by atoms with Gasteiger partial charge in [-0.15, -0.1) is 0 Å². The van der Waals surface area contributed by atoms with Crippen molar-refractivity contribution in [2.45, 2.75) is 6.61 Å². The SMILES string of the molecule is COc1cccc(NC(=O)C(C#N)C(=O)c2nn(-c3ccccc3)c3c2COc2ccccc2-3)c1. The molecule has 0 saturated heterocycles. The van der Waals surface area contributed by atoms with Crippen LogP contribution in [0.5, 0.6) is 11.5 Å². The van der Waals surface area contributed by atoms with Gasteiger partial charge in [0.15, 0.2) is 5.92 Å². The molecule has 2 heterocycles. The average molecular weight is 464 g/mol. The van der Waals surface area contributed by atoms with Gasteiger partial charge in [0.05, 0.1) is 24.6 Å². The van der Waals surface area contributed by atoms with Gasteiger partial charge in [-0.3, -0.25) is 9.59 Å². The molecule has 0 spiro atoms. The van der Waals surface area contributed by atoms with E-state index in [0.29, 0.717) is 28.4 Å². The van der Waals surface area contributed by atoms with Gasteiger partial charge in [0.25, 0.3) is 0 Å². The summed E-state index contributed by atoms with van der Waals surface area (Å²) in [6, 6.07) is 25.4. The second-order valence-electron chi connectivity index (χ2n) is 7.86. The van der Waals surface area contributed by atoms with E-state index >= 15 is 0 Å². The molecule has 35 heavy (non-hydrogen) atoms. The molecule has 5 rings (SSSR count). The quantitative estimate of drug-likeness (QED) is 0.335. The molecule has 0 saturated carbocycles. The number of rotatable bonds is 6. The zero-order chi connectivity index (χ0) is 24.4. The predicted octanol–water partition coefficient (Wildman–Crippen LogP) is 4.40. The summed E-state index contributed by atoms with van der Waals surface area (Å²) in [5.74, 6) is -1.83. The van der Waals surface area contributed by atoms with Crippen molar-refractivity contribution in [2.75, 3.05) is 12.4 Å². The number of carbonyl (C=O) groups excluding carboxylic acids is 2. The van der Waals surface area contributed by atoms with Gasteiger partial charge in [-0.1, -0.05) is 36.4 Å². The molecule has 1 atom stereocenters. The molecular formula is C27H20N4O4. The lowest BCUT2D eigenvalue weighted by atomic mass is 9.96. The lowest BCUT2D eigenvalue weighted by molar-refractivity contribution is -0.117. The first kappa shape index (κ1) is 21.9. The summed E-state index contributed by atoms with van der Waals surface area (Å²) in [4.78, 5) is 26.5. The highest BCUT2D eigenvalue weighted by atomic mass is 16.5. The van der Waals surface area contributed by atoms with E-state index in [4.69, 9.17) is 9.47 Å². The standard InChI is InChI=1S/C27H20N4O4/c1-34-19-11-7-8-17(14-19)29-27(33)21(15-28)26(32)24-22-16-35-23-13-6-5-12-20(23)25(22)31(30-24)18-9-3-2-4-10-18/h2-14,21H,16H2,1H3,(H,29,33). The number of amides is 1. The Balaban J connectivity index is 1.55. The molecule has 0 fully saturated rings. The van der Waals surface area contributed by atoms with Crippen LogP contribution in [0.15, 0.2) is 78.9 Å². The van der Waals surface area contributed by atoms with Crippen LogP contribution in [0, 0.1) is 17.2 Å². The summed E-state index contributed by atoms with van der Waals surface area (Å²) in [6.45, 7) is 0.0932. The van der Waals surface area contributed by atoms with Gasteiger partial charge in [0.2, 0.25) is 11.7 Å². The van der Waals surface area contributed by atoms with Crippen molar-refractivity contribution in [3.05, 3.63) is 90.1 Å². The second-order valence-corrected chi connectivity index (χ2v) is 7.86. The van der Waals surface area contributed by atoms with Crippen LogP contribution >= 0.6 is 0 Å². The molecule has 0 bridgehead atoms. The highest BCUT2D eigenvalue weighted by Crippen LogP contribution is 2.40. The van der Waals surface area contributed by atoms with E-state index in [9.17, 15) is 14.9 Å². The van der Waals surface area contributed by atoms with Crippen LogP contribution in [0.3, 0.4) is 0 Å². The minimum absolute atomic E-state index is 0.0331. The fourth-order valence-electron chi connectivity index (χ4n) is 4.04. The summed E-state index contributed by atoms with van der Waals surface area (Å²) in [6.07, 6.45) is 0. The van der Waals surface area contributed by atoms with Crippen LogP contribution in [0.2, 0.25) is 0 Å². The molecule has 1 amide bonds. The number of ketones is 1. The Morgan fingerprint density at radius 1 is 1.09 bits per heavy atom. The number of nitrogens with one attached hydrogen (secondary N) is 1. The molecule has 3 aromatic carbocycles. The third kappa shape index (κ3) is 4.00. The number of carbonyl (C=O) groups is 2. The number of para-hydroxylation sites is 2. The van der Waals surface area contributed by atoms with E-state index in [-0.39, 0.29) is 12.3 Å². The molecule has 8 heteroatoms. The fraction of sp³-hybridized carbons (Fsp3) is 0.111. The van der Waals surface area contributed by atoms with Crippen molar-refractivity contribution < 1.29 is 19.1 Å². The highest BCUT2D eigenvalue weighted by molar-refractivity contribution is 6.15. The van der Waals surface area contributed by atoms with E-state index in [1.807, 2.05) is 60.7 Å². The summed E-state index contributed by atoms with van der Waals surface area (Å²) < 4.78 is 12.7. The Hall–Kier alpha value is -4.90. The van der Waals surface area contributed by atoms with E-state index in [0.717, 1.165) is 11.3 Å². The zero-order valence-electron chi connectivity index (χ0n) is 18.8. The molecule has 1 aliphatic heterocycles. The fourth-order valence-corrected chi connectivity index (χ4v) is 4.04. The van der Waals surface area contributed by atoms with E-state index in [2.05, 4.69) is 10.4 Å². The number of Topliss-reactive ketones (excluding diaryl/α,β-unsaturated/α-hetero) is 1. The Kier molecular flexibility index (Phi) is 5.73. The number of anilines is 1. The van der Waals surface area contributed by atoms with Crippen molar-refractivity contribution >= 4 is 17.4 Å². The predicted molar refractivity (Wildman–Crippen MR) is 128 cm³/mol. The molecule has 1 aliphatic rings. The molecule has 0 aliphatic carbocycles. The Morgan fingerprint density at radius 2 is 1.86 bits per heavy atom. The number of benzene rings is 3. The molecule has 172 valence electrons. The largest absolute Gasteiger partial charge is 0.497 e. The lowest BCUT2D eigenvalue weighted by Gasteiger charge is -2.19. The first-order chi connectivity index (χ1) is 17.1. The number of ether oxygens (including phenoxy) is 2. The van der Waals surface area contributed by atoms with Gasteiger partial charge in [-0.05, 0) is 36.4 Å². The molecule has 8 nitrogen and oxygen atoms in total. The maximum absolute atomic E-state index is 13.5. The van der Waals surface area contributed by atoms with E-state index in [1.54, 1.807) is 28.9 Å². The van der Waals surface area contributed by atoms with E-state index in [1.165, 1.54) is 7.11 Å². The molecule has 0 radical (unpaired) electrons. The molecule has 1 N–H and O–H groups in total.